The first-order valence-electron chi connectivity index (χ1n) is 8.09. The second kappa shape index (κ2) is 6.79. The van der Waals surface area contributed by atoms with E-state index < -0.39 is 0 Å². The fraction of sp³-hybridized carbons (Fsp3) is 0.471. The molecule has 1 fully saturated rings. The van der Waals surface area contributed by atoms with Gasteiger partial charge in [-0.05, 0) is 32.6 Å². The van der Waals surface area contributed by atoms with Crippen LogP contribution in [0.5, 0.6) is 0 Å². The summed E-state index contributed by atoms with van der Waals surface area (Å²) in [5, 5.41) is 9.15. The zero-order valence-electron chi connectivity index (χ0n) is 13.9. The maximum Gasteiger partial charge on any atom is 0.256 e. The number of hydrogen-bond acceptors (Lipinski definition) is 6. The van der Waals surface area contributed by atoms with Gasteiger partial charge in [0.2, 0.25) is 0 Å². The van der Waals surface area contributed by atoms with Crippen molar-refractivity contribution in [2.75, 3.05) is 18.0 Å². The number of aromatic nitrogens is 4. The Hall–Kier alpha value is -2.75. The van der Waals surface area contributed by atoms with E-state index in [2.05, 4.69) is 25.9 Å². The minimum Gasteiger partial charge on any atom is -0.354 e. The molecule has 1 aliphatic heterocycles. The van der Waals surface area contributed by atoms with E-state index in [1.54, 1.807) is 17.1 Å². The molecule has 0 radical (unpaired) electrons. The fourth-order valence-corrected chi connectivity index (χ4v) is 3.05. The van der Waals surface area contributed by atoms with Gasteiger partial charge >= 0.3 is 0 Å². The summed E-state index contributed by atoms with van der Waals surface area (Å²) in [5.74, 6) is 1.08. The van der Waals surface area contributed by atoms with Gasteiger partial charge in [-0.3, -0.25) is 9.36 Å². The van der Waals surface area contributed by atoms with Crippen LogP contribution in [-0.4, -0.2) is 32.6 Å². The summed E-state index contributed by atoms with van der Waals surface area (Å²) in [4.78, 5) is 27.0. The van der Waals surface area contributed by atoms with E-state index >= 15 is 0 Å². The lowest BCUT2D eigenvalue weighted by Crippen LogP contribution is -2.37. The van der Waals surface area contributed by atoms with Gasteiger partial charge < -0.3 is 4.90 Å². The lowest BCUT2D eigenvalue weighted by molar-refractivity contribution is 0.349. The van der Waals surface area contributed by atoms with Crippen LogP contribution >= 0.6 is 0 Å². The third kappa shape index (κ3) is 3.13. The molecule has 0 spiro atoms. The molecule has 0 aromatic carbocycles. The van der Waals surface area contributed by atoms with Gasteiger partial charge in [-0.25, -0.2) is 15.0 Å². The predicted molar refractivity (Wildman–Crippen MR) is 89.7 cm³/mol. The first-order valence-corrected chi connectivity index (χ1v) is 8.09. The average molecular weight is 324 g/mol. The van der Waals surface area contributed by atoms with Crippen molar-refractivity contribution < 1.29 is 0 Å². The molecule has 0 bridgehead atoms. The fourth-order valence-electron chi connectivity index (χ4n) is 3.05. The molecule has 124 valence electrons. The van der Waals surface area contributed by atoms with E-state index in [1.165, 1.54) is 6.20 Å². The summed E-state index contributed by atoms with van der Waals surface area (Å²) in [5.41, 5.74) is 1.92. The smallest absolute Gasteiger partial charge is 0.256 e. The van der Waals surface area contributed by atoms with Crippen molar-refractivity contribution in [3.8, 4) is 6.07 Å². The van der Waals surface area contributed by atoms with Crippen molar-refractivity contribution >= 4 is 5.82 Å². The van der Waals surface area contributed by atoms with E-state index in [-0.39, 0.29) is 5.56 Å². The summed E-state index contributed by atoms with van der Waals surface area (Å²) >= 11 is 0. The summed E-state index contributed by atoms with van der Waals surface area (Å²) < 4.78 is 1.71. The van der Waals surface area contributed by atoms with E-state index in [0.29, 0.717) is 29.5 Å². The number of nitriles is 1. The highest BCUT2D eigenvalue weighted by molar-refractivity contribution is 5.49. The highest BCUT2D eigenvalue weighted by Gasteiger charge is 2.23. The lowest BCUT2D eigenvalue weighted by atomic mass is 9.96. The highest BCUT2D eigenvalue weighted by Crippen LogP contribution is 2.24. The van der Waals surface area contributed by atoms with Crippen molar-refractivity contribution in [2.45, 2.75) is 33.2 Å². The number of anilines is 1. The maximum atomic E-state index is 12.3. The minimum atomic E-state index is 0.0469. The molecule has 1 aliphatic rings. The number of nitrogens with zero attached hydrogens (tertiary/aromatic N) is 6. The van der Waals surface area contributed by atoms with Crippen LogP contribution in [0.25, 0.3) is 0 Å². The summed E-state index contributed by atoms with van der Waals surface area (Å²) in [6, 6.07) is 2.09. The van der Waals surface area contributed by atoms with Gasteiger partial charge in [0.05, 0.1) is 6.33 Å². The second-order valence-electron chi connectivity index (χ2n) is 6.18. The average Bonchev–Trinajstić information content (AvgIpc) is 2.63. The molecule has 1 saturated heterocycles. The van der Waals surface area contributed by atoms with Crippen molar-refractivity contribution in [3.05, 3.63) is 46.0 Å². The van der Waals surface area contributed by atoms with E-state index in [0.717, 1.165) is 31.6 Å². The van der Waals surface area contributed by atoms with Crippen LogP contribution in [-0.2, 0) is 6.54 Å². The second-order valence-corrected chi connectivity index (χ2v) is 6.18. The lowest BCUT2D eigenvalue weighted by Gasteiger charge is -2.33. The van der Waals surface area contributed by atoms with Gasteiger partial charge in [0, 0.05) is 43.3 Å². The molecule has 7 heteroatoms. The largest absolute Gasteiger partial charge is 0.354 e. The Kier molecular flexibility index (Phi) is 4.56. The normalized spacial score (nSPS) is 15.3. The van der Waals surface area contributed by atoms with Crippen LogP contribution < -0.4 is 10.5 Å². The number of rotatable bonds is 3. The molecular formula is C17H20N6O. The SMILES string of the molecule is Cc1ncn(CC2CCN(c3nccnc3C#N)CC2)c(=O)c1C. The zero-order chi connectivity index (χ0) is 17.1. The highest BCUT2D eigenvalue weighted by atomic mass is 16.1. The van der Waals surface area contributed by atoms with Crippen LogP contribution in [0.15, 0.2) is 23.5 Å². The molecule has 0 saturated carbocycles. The van der Waals surface area contributed by atoms with Crippen molar-refractivity contribution in [2.24, 2.45) is 5.92 Å². The molecule has 0 amide bonds. The molecule has 24 heavy (non-hydrogen) atoms. The third-order valence-electron chi connectivity index (χ3n) is 4.67. The van der Waals surface area contributed by atoms with Crippen LogP contribution in [0.3, 0.4) is 0 Å². The van der Waals surface area contributed by atoms with Gasteiger partial charge in [-0.15, -0.1) is 0 Å². The predicted octanol–water partition coefficient (Wildman–Crippen LogP) is 1.44. The molecule has 0 N–H and O–H groups in total. The van der Waals surface area contributed by atoms with E-state index in [1.807, 2.05) is 13.8 Å². The Morgan fingerprint density at radius 2 is 1.92 bits per heavy atom. The van der Waals surface area contributed by atoms with Gasteiger partial charge in [0.1, 0.15) is 6.07 Å². The molecule has 0 unspecified atom stereocenters. The minimum absolute atomic E-state index is 0.0469. The Labute approximate surface area is 140 Å². The molecule has 7 nitrogen and oxygen atoms in total. The van der Waals surface area contributed by atoms with Crippen LogP contribution in [0.2, 0.25) is 0 Å². The molecule has 2 aromatic heterocycles. The van der Waals surface area contributed by atoms with E-state index in [9.17, 15) is 4.79 Å². The number of hydrogen-bond donors (Lipinski definition) is 0. The standard InChI is InChI=1S/C17H20N6O/c1-12-13(2)21-11-23(17(12)24)10-14-3-7-22(8-4-14)16-15(9-18)19-5-6-20-16/h5-6,11,14H,3-4,7-8,10H2,1-2H3. The van der Waals surface area contributed by atoms with Gasteiger partial charge in [0.25, 0.3) is 5.56 Å². The Balaban J connectivity index is 1.67. The Morgan fingerprint density at radius 3 is 2.62 bits per heavy atom. The van der Waals surface area contributed by atoms with Crippen LogP contribution in [0.4, 0.5) is 5.82 Å². The monoisotopic (exact) mass is 324 g/mol. The summed E-state index contributed by atoms with van der Waals surface area (Å²) in [6.45, 7) is 5.98. The van der Waals surface area contributed by atoms with Crippen LogP contribution in [0.1, 0.15) is 29.8 Å². The molecule has 3 heterocycles. The summed E-state index contributed by atoms with van der Waals surface area (Å²) in [6.07, 6.45) is 6.69. The maximum absolute atomic E-state index is 12.3. The Bertz CT molecular complexity index is 830. The van der Waals surface area contributed by atoms with Gasteiger partial charge in [0.15, 0.2) is 11.5 Å². The van der Waals surface area contributed by atoms with Gasteiger partial charge in [-0.1, -0.05) is 0 Å². The molecule has 3 rings (SSSR count). The first kappa shape index (κ1) is 16.1. The third-order valence-corrected chi connectivity index (χ3v) is 4.67. The molecule has 0 aliphatic carbocycles. The quantitative estimate of drug-likeness (QED) is 0.849. The zero-order valence-corrected chi connectivity index (χ0v) is 13.9. The molecular weight excluding hydrogens is 304 g/mol. The molecule has 0 atom stereocenters. The first-order chi connectivity index (χ1) is 11.6. The number of aryl methyl sites for hydroxylation is 1. The van der Waals surface area contributed by atoms with Gasteiger partial charge in [-0.2, -0.15) is 5.26 Å². The molecule has 2 aromatic rings. The number of piperidine rings is 1. The van der Waals surface area contributed by atoms with Crippen molar-refractivity contribution in [3.63, 3.8) is 0 Å². The Morgan fingerprint density at radius 1 is 1.21 bits per heavy atom. The van der Waals surface area contributed by atoms with Crippen LogP contribution in [0, 0.1) is 31.1 Å². The van der Waals surface area contributed by atoms with Crippen molar-refractivity contribution in [1.82, 2.24) is 19.5 Å². The van der Waals surface area contributed by atoms with Crippen molar-refractivity contribution in [1.29, 1.82) is 5.26 Å². The summed E-state index contributed by atoms with van der Waals surface area (Å²) in [7, 11) is 0. The topological polar surface area (TPSA) is 87.7 Å². The van der Waals surface area contributed by atoms with E-state index in [4.69, 9.17) is 5.26 Å².